The van der Waals surface area contributed by atoms with E-state index in [1.165, 1.54) is 0 Å². The van der Waals surface area contributed by atoms with Crippen LogP contribution in [0.4, 0.5) is 0 Å². The Balaban J connectivity index is 1.18. The number of hydrogen-bond donors (Lipinski definition) is 0. The smallest absolute Gasteiger partial charge is 0.238 e. The Labute approximate surface area is 299 Å². The van der Waals surface area contributed by atoms with Gasteiger partial charge in [-0.25, -0.2) is 9.97 Å². The molecule has 3 aromatic heterocycles. The molecule has 3 heterocycles. The summed E-state index contributed by atoms with van der Waals surface area (Å²) in [7, 11) is 0. The number of rotatable bonds is 6. The standard InChI is InChI=1S/C46H29N5O/c1-4-12-30(13-5-1)32-20-22-33(23-21-32)43-48-44(36-25-27-42-39(28-36)47-45(52-42)34-16-8-3-9-17-34)50-46(49-43)51-40-19-11-10-18-37(40)38-26-24-35(29-41(38)51)31-14-6-2-7-15-31/h1-29H. The van der Waals surface area contributed by atoms with Gasteiger partial charge in [0.05, 0.1) is 11.0 Å². The van der Waals surface area contributed by atoms with Gasteiger partial charge in [-0.15, -0.1) is 0 Å². The Morgan fingerprint density at radius 1 is 0.365 bits per heavy atom. The molecule has 52 heavy (non-hydrogen) atoms. The highest BCUT2D eigenvalue weighted by atomic mass is 16.3. The number of benzene rings is 7. The Morgan fingerprint density at radius 2 is 0.904 bits per heavy atom. The summed E-state index contributed by atoms with van der Waals surface area (Å²) in [5.74, 6) is 2.23. The van der Waals surface area contributed by atoms with Crippen LogP contribution < -0.4 is 0 Å². The van der Waals surface area contributed by atoms with Gasteiger partial charge in [-0.1, -0.05) is 133 Å². The van der Waals surface area contributed by atoms with E-state index in [1.807, 2.05) is 60.7 Å². The highest BCUT2D eigenvalue weighted by Gasteiger charge is 2.19. The van der Waals surface area contributed by atoms with E-state index in [9.17, 15) is 0 Å². The Hall–Kier alpha value is -7.18. The van der Waals surface area contributed by atoms with Crippen LogP contribution in [0.3, 0.4) is 0 Å². The maximum atomic E-state index is 6.14. The molecular formula is C46H29N5O. The van der Waals surface area contributed by atoms with Gasteiger partial charge in [0.25, 0.3) is 0 Å². The molecule has 0 aliphatic carbocycles. The van der Waals surface area contributed by atoms with Crippen molar-refractivity contribution in [2.45, 2.75) is 0 Å². The molecule has 7 aromatic carbocycles. The molecular weight excluding hydrogens is 639 g/mol. The van der Waals surface area contributed by atoms with Gasteiger partial charge >= 0.3 is 0 Å². The van der Waals surface area contributed by atoms with Crippen LogP contribution in [0.5, 0.6) is 0 Å². The van der Waals surface area contributed by atoms with Gasteiger partial charge in [0.1, 0.15) is 5.52 Å². The first-order valence-electron chi connectivity index (χ1n) is 17.2. The average molecular weight is 668 g/mol. The van der Waals surface area contributed by atoms with Crippen LogP contribution in [0.25, 0.3) is 95.3 Å². The van der Waals surface area contributed by atoms with E-state index < -0.39 is 0 Å². The van der Waals surface area contributed by atoms with Crippen molar-refractivity contribution in [1.82, 2.24) is 24.5 Å². The van der Waals surface area contributed by atoms with Crippen LogP contribution >= 0.6 is 0 Å². The fourth-order valence-electron chi connectivity index (χ4n) is 6.93. The summed E-state index contributed by atoms with van der Waals surface area (Å²) < 4.78 is 8.30. The SMILES string of the molecule is c1ccc(-c2ccc(-c3nc(-c4ccc5oc(-c6ccccc6)nc5c4)nc(-n4c5ccccc5c5ccc(-c6ccccc6)cc54)n3)cc2)cc1. The van der Waals surface area contributed by atoms with Crippen LogP contribution in [0.15, 0.2) is 180 Å². The molecule has 0 fully saturated rings. The van der Waals surface area contributed by atoms with E-state index in [0.717, 1.165) is 66.3 Å². The third kappa shape index (κ3) is 5.22. The van der Waals surface area contributed by atoms with Crippen molar-refractivity contribution in [2.24, 2.45) is 0 Å². The van der Waals surface area contributed by atoms with E-state index in [-0.39, 0.29) is 0 Å². The molecule has 6 nitrogen and oxygen atoms in total. The second kappa shape index (κ2) is 12.3. The maximum absolute atomic E-state index is 6.14. The van der Waals surface area contributed by atoms with Crippen molar-refractivity contribution >= 4 is 32.9 Å². The second-order valence-electron chi connectivity index (χ2n) is 12.7. The highest BCUT2D eigenvalue weighted by Crippen LogP contribution is 2.36. The molecule has 10 aromatic rings. The van der Waals surface area contributed by atoms with Gasteiger partial charge in [0.2, 0.25) is 11.8 Å². The molecule has 0 unspecified atom stereocenters. The predicted octanol–water partition coefficient (Wildman–Crippen LogP) is 11.4. The minimum absolute atomic E-state index is 0.536. The van der Waals surface area contributed by atoms with Crippen molar-refractivity contribution in [3.8, 4) is 62.4 Å². The van der Waals surface area contributed by atoms with Crippen molar-refractivity contribution in [2.75, 3.05) is 0 Å². The lowest BCUT2D eigenvalue weighted by Crippen LogP contribution is -2.06. The lowest BCUT2D eigenvalue weighted by molar-refractivity contribution is 0.620. The summed E-state index contributed by atoms with van der Waals surface area (Å²) in [5, 5.41) is 2.26. The molecule has 0 aliphatic rings. The van der Waals surface area contributed by atoms with Crippen LogP contribution in [-0.4, -0.2) is 24.5 Å². The van der Waals surface area contributed by atoms with Gasteiger partial charge in [-0.2, -0.15) is 9.97 Å². The minimum atomic E-state index is 0.536. The molecule has 0 spiro atoms. The number of hydrogen-bond acceptors (Lipinski definition) is 5. The molecule has 0 atom stereocenters. The quantitative estimate of drug-likeness (QED) is 0.176. The topological polar surface area (TPSA) is 69.6 Å². The molecule has 0 saturated heterocycles. The number of aromatic nitrogens is 5. The third-order valence-electron chi connectivity index (χ3n) is 9.52. The fraction of sp³-hybridized carbons (Fsp3) is 0. The molecule has 0 amide bonds. The number of oxazole rings is 1. The van der Waals surface area contributed by atoms with Crippen LogP contribution in [-0.2, 0) is 0 Å². The zero-order valence-electron chi connectivity index (χ0n) is 27.9. The number of fused-ring (bicyclic) bond motifs is 4. The van der Waals surface area contributed by atoms with E-state index in [2.05, 4.69) is 120 Å². The first-order chi connectivity index (χ1) is 25.7. The van der Waals surface area contributed by atoms with E-state index >= 15 is 0 Å². The lowest BCUT2D eigenvalue weighted by Gasteiger charge is -2.12. The summed E-state index contributed by atoms with van der Waals surface area (Å²) in [6.07, 6.45) is 0. The van der Waals surface area contributed by atoms with Gasteiger partial charge in [0.15, 0.2) is 17.2 Å². The maximum Gasteiger partial charge on any atom is 0.238 e. The Kier molecular flexibility index (Phi) is 7.03. The van der Waals surface area contributed by atoms with E-state index in [1.54, 1.807) is 0 Å². The zero-order chi connectivity index (χ0) is 34.4. The molecule has 0 radical (unpaired) electrons. The Morgan fingerprint density at radius 3 is 1.63 bits per heavy atom. The first kappa shape index (κ1) is 29.7. The van der Waals surface area contributed by atoms with E-state index in [4.69, 9.17) is 24.4 Å². The summed E-state index contributed by atoms with van der Waals surface area (Å²) in [4.78, 5) is 20.3. The van der Waals surface area contributed by atoms with Crippen LogP contribution in [0.2, 0.25) is 0 Å². The number of para-hydroxylation sites is 1. The summed E-state index contributed by atoms with van der Waals surface area (Å²) in [5.41, 5.74) is 10.6. The molecule has 10 rings (SSSR count). The highest BCUT2D eigenvalue weighted by molar-refractivity contribution is 6.10. The fourth-order valence-corrected chi connectivity index (χ4v) is 6.93. The lowest BCUT2D eigenvalue weighted by atomic mass is 10.0. The van der Waals surface area contributed by atoms with E-state index in [0.29, 0.717) is 29.1 Å². The van der Waals surface area contributed by atoms with Gasteiger partial charge in [-0.05, 0) is 64.7 Å². The molecule has 244 valence electrons. The Bertz CT molecular complexity index is 2880. The minimum Gasteiger partial charge on any atom is -0.436 e. The summed E-state index contributed by atoms with van der Waals surface area (Å²) in [6, 6.07) is 60.1. The molecule has 0 N–H and O–H groups in total. The monoisotopic (exact) mass is 667 g/mol. The second-order valence-corrected chi connectivity index (χ2v) is 12.7. The van der Waals surface area contributed by atoms with Gasteiger partial charge in [-0.3, -0.25) is 4.57 Å². The molecule has 0 aliphatic heterocycles. The van der Waals surface area contributed by atoms with Crippen LogP contribution in [0.1, 0.15) is 0 Å². The van der Waals surface area contributed by atoms with Crippen molar-refractivity contribution in [3.05, 3.63) is 176 Å². The first-order valence-corrected chi connectivity index (χ1v) is 17.2. The normalized spacial score (nSPS) is 11.5. The van der Waals surface area contributed by atoms with Crippen LogP contribution in [0, 0.1) is 0 Å². The van der Waals surface area contributed by atoms with Crippen molar-refractivity contribution in [3.63, 3.8) is 0 Å². The van der Waals surface area contributed by atoms with Gasteiger partial charge < -0.3 is 4.42 Å². The predicted molar refractivity (Wildman–Crippen MR) is 209 cm³/mol. The third-order valence-corrected chi connectivity index (χ3v) is 9.52. The van der Waals surface area contributed by atoms with Crippen molar-refractivity contribution in [1.29, 1.82) is 0 Å². The summed E-state index contributed by atoms with van der Waals surface area (Å²) in [6.45, 7) is 0. The molecule has 6 heteroatoms. The zero-order valence-corrected chi connectivity index (χ0v) is 27.9. The largest absolute Gasteiger partial charge is 0.436 e. The summed E-state index contributed by atoms with van der Waals surface area (Å²) >= 11 is 0. The van der Waals surface area contributed by atoms with Gasteiger partial charge in [0, 0.05) is 27.5 Å². The van der Waals surface area contributed by atoms with Crippen molar-refractivity contribution < 1.29 is 4.42 Å². The molecule has 0 bridgehead atoms. The number of nitrogens with zero attached hydrogens (tertiary/aromatic N) is 5. The molecule has 0 saturated carbocycles. The average Bonchev–Trinajstić information content (AvgIpc) is 3.81.